The van der Waals surface area contributed by atoms with Crippen molar-refractivity contribution >= 4 is 22.8 Å². The molecule has 2 N–H and O–H groups in total. The lowest BCUT2D eigenvalue weighted by Gasteiger charge is -2.01. The molecule has 1 aromatic carbocycles. The summed E-state index contributed by atoms with van der Waals surface area (Å²) in [5.74, 6) is -1.66. The first-order valence-corrected chi connectivity index (χ1v) is 5.21. The van der Waals surface area contributed by atoms with Gasteiger partial charge in [0.05, 0.1) is 0 Å². The van der Waals surface area contributed by atoms with Gasteiger partial charge in [0.1, 0.15) is 5.58 Å². The lowest BCUT2D eigenvalue weighted by molar-refractivity contribution is -0.144. The number of carboxylic acids is 1. The first-order chi connectivity index (χ1) is 8.59. The molecule has 0 aliphatic rings. The maximum Gasteiger partial charge on any atom is 0.332 e. The van der Waals surface area contributed by atoms with E-state index in [9.17, 15) is 9.59 Å². The lowest BCUT2D eigenvalue weighted by atomic mass is 10.1. The van der Waals surface area contributed by atoms with E-state index in [2.05, 4.69) is 4.84 Å². The molecule has 1 amide bonds. The summed E-state index contributed by atoms with van der Waals surface area (Å²) in [5.41, 5.74) is 3.30. The molecule has 18 heavy (non-hydrogen) atoms. The largest absolute Gasteiger partial charge is 0.479 e. The van der Waals surface area contributed by atoms with Crippen molar-refractivity contribution in [2.24, 2.45) is 0 Å². The molecule has 0 unspecified atom stereocenters. The molecule has 94 valence electrons. The van der Waals surface area contributed by atoms with Crippen LogP contribution in [0.1, 0.15) is 16.1 Å². The molecule has 0 saturated carbocycles. The van der Waals surface area contributed by atoms with Crippen molar-refractivity contribution in [2.75, 3.05) is 6.61 Å². The molecular formula is C12H11NO5. The smallest absolute Gasteiger partial charge is 0.332 e. The van der Waals surface area contributed by atoms with Crippen molar-refractivity contribution in [1.82, 2.24) is 5.48 Å². The monoisotopic (exact) mass is 249 g/mol. The van der Waals surface area contributed by atoms with Gasteiger partial charge in [0.2, 0.25) is 0 Å². The SMILES string of the molecule is Cc1c(C(=O)NOCC(=O)O)oc2ccccc12. The second-order valence-electron chi connectivity index (χ2n) is 3.67. The number of rotatable bonds is 4. The summed E-state index contributed by atoms with van der Waals surface area (Å²) < 4.78 is 5.38. The predicted molar refractivity (Wildman–Crippen MR) is 62.0 cm³/mol. The molecule has 0 fully saturated rings. The Morgan fingerprint density at radius 1 is 1.39 bits per heavy atom. The molecule has 0 spiro atoms. The number of benzene rings is 1. The minimum atomic E-state index is -1.17. The number of nitrogens with one attached hydrogen (secondary N) is 1. The second-order valence-corrected chi connectivity index (χ2v) is 3.67. The van der Waals surface area contributed by atoms with Crippen molar-refractivity contribution < 1.29 is 24.0 Å². The van der Waals surface area contributed by atoms with Crippen LogP contribution in [-0.4, -0.2) is 23.6 Å². The number of para-hydroxylation sites is 1. The fourth-order valence-electron chi connectivity index (χ4n) is 1.60. The molecule has 6 heteroatoms. The van der Waals surface area contributed by atoms with Crippen LogP contribution >= 0.6 is 0 Å². The van der Waals surface area contributed by atoms with Crippen LogP contribution < -0.4 is 5.48 Å². The Bertz CT molecular complexity index is 602. The maximum absolute atomic E-state index is 11.7. The Kier molecular flexibility index (Phi) is 3.29. The fourth-order valence-corrected chi connectivity index (χ4v) is 1.60. The first-order valence-electron chi connectivity index (χ1n) is 5.21. The molecule has 2 aromatic rings. The summed E-state index contributed by atoms with van der Waals surface area (Å²) in [5, 5.41) is 9.20. The number of carboxylic acid groups (broad SMARTS) is 1. The number of carbonyl (C=O) groups is 2. The van der Waals surface area contributed by atoms with Crippen molar-refractivity contribution in [2.45, 2.75) is 6.92 Å². The van der Waals surface area contributed by atoms with Gasteiger partial charge in [-0.3, -0.25) is 9.63 Å². The van der Waals surface area contributed by atoms with Crippen LogP contribution in [0.2, 0.25) is 0 Å². The summed E-state index contributed by atoms with van der Waals surface area (Å²) in [7, 11) is 0. The number of furan rings is 1. The topological polar surface area (TPSA) is 88.8 Å². The molecule has 0 atom stereocenters. The van der Waals surface area contributed by atoms with Gasteiger partial charge in [-0.15, -0.1) is 0 Å². The zero-order chi connectivity index (χ0) is 13.1. The van der Waals surface area contributed by atoms with E-state index in [1.807, 2.05) is 17.6 Å². The Labute approximate surface area is 102 Å². The second kappa shape index (κ2) is 4.89. The van der Waals surface area contributed by atoms with Gasteiger partial charge in [0.25, 0.3) is 0 Å². The van der Waals surface area contributed by atoms with Crippen LogP contribution in [0.3, 0.4) is 0 Å². The van der Waals surface area contributed by atoms with Gasteiger partial charge in [-0.1, -0.05) is 18.2 Å². The van der Waals surface area contributed by atoms with Crippen molar-refractivity contribution in [1.29, 1.82) is 0 Å². The number of hydrogen-bond acceptors (Lipinski definition) is 4. The first kappa shape index (κ1) is 12.1. The van der Waals surface area contributed by atoms with Gasteiger partial charge in [-0.25, -0.2) is 10.3 Å². The molecule has 0 aliphatic heterocycles. The van der Waals surface area contributed by atoms with E-state index in [-0.39, 0.29) is 5.76 Å². The summed E-state index contributed by atoms with van der Waals surface area (Å²) in [6, 6.07) is 7.22. The summed E-state index contributed by atoms with van der Waals surface area (Å²) in [6.45, 7) is 1.14. The average molecular weight is 249 g/mol. The minimum absolute atomic E-state index is 0.113. The van der Waals surface area contributed by atoms with Crippen LogP contribution in [0, 0.1) is 6.92 Å². The predicted octanol–water partition coefficient (Wildman–Crippen LogP) is 1.49. The van der Waals surface area contributed by atoms with Crippen LogP contribution in [0.5, 0.6) is 0 Å². The van der Waals surface area contributed by atoms with E-state index in [4.69, 9.17) is 9.52 Å². The molecule has 1 aromatic heterocycles. The number of fused-ring (bicyclic) bond motifs is 1. The number of hydroxylamine groups is 1. The molecular weight excluding hydrogens is 238 g/mol. The highest BCUT2D eigenvalue weighted by molar-refractivity contribution is 5.98. The molecule has 1 heterocycles. The average Bonchev–Trinajstić information content (AvgIpc) is 2.67. The highest BCUT2D eigenvalue weighted by atomic mass is 16.7. The van der Waals surface area contributed by atoms with E-state index in [0.717, 1.165) is 5.39 Å². The number of amides is 1. The third kappa shape index (κ3) is 2.33. The van der Waals surface area contributed by atoms with Crippen LogP contribution in [0.4, 0.5) is 0 Å². The number of aryl methyl sites for hydroxylation is 1. The standard InChI is InChI=1S/C12H11NO5/c1-7-8-4-2-3-5-9(8)18-11(7)12(16)13-17-6-10(14)15/h2-5H,6H2,1H3,(H,13,16)(H,14,15). The molecule has 0 radical (unpaired) electrons. The quantitative estimate of drug-likeness (QED) is 0.801. The maximum atomic E-state index is 11.7. The van der Waals surface area contributed by atoms with Gasteiger partial charge in [0.15, 0.2) is 12.4 Å². The zero-order valence-corrected chi connectivity index (χ0v) is 9.60. The van der Waals surface area contributed by atoms with E-state index in [1.54, 1.807) is 19.1 Å². The molecule has 2 rings (SSSR count). The van der Waals surface area contributed by atoms with Gasteiger partial charge in [0, 0.05) is 10.9 Å². The zero-order valence-electron chi connectivity index (χ0n) is 9.60. The minimum Gasteiger partial charge on any atom is -0.479 e. The highest BCUT2D eigenvalue weighted by Crippen LogP contribution is 2.24. The van der Waals surface area contributed by atoms with Crippen molar-refractivity contribution in [3.63, 3.8) is 0 Å². The van der Waals surface area contributed by atoms with Crippen LogP contribution in [-0.2, 0) is 9.63 Å². The summed E-state index contributed by atoms with van der Waals surface area (Å²) in [6.07, 6.45) is 0. The van der Waals surface area contributed by atoms with Gasteiger partial charge < -0.3 is 9.52 Å². The normalized spacial score (nSPS) is 10.5. The highest BCUT2D eigenvalue weighted by Gasteiger charge is 2.17. The van der Waals surface area contributed by atoms with E-state index in [0.29, 0.717) is 11.1 Å². The van der Waals surface area contributed by atoms with Gasteiger partial charge in [-0.05, 0) is 13.0 Å². The fraction of sp³-hybridized carbons (Fsp3) is 0.167. The number of carbonyl (C=O) groups excluding carboxylic acids is 1. The van der Waals surface area contributed by atoms with Crippen LogP contribution in [0.25, 0.3) is 11.0 Å². The Hall–Kier alpha value is -2.34. The third-order valence-electron chi connectivity index (χ3n) is 2.41. The van der Waals surface area contributed by atoms with Gasteiger partial charge in [-0.2, -0.15) is 0 Å². The number of aliphatic carboxylic acids is 1. The Balaban J connectivity index is 2.17. The molecule has 0 bridgehead atoms. The van der Waals surface area contributed by atoms with E-state index in [1.165, 1.54) is 0 Å². The third-order valence-corrected chi connectivity index (χ3v) is 2.41. The Morgan fingerprint density at radius 3 is 2.78 bits per heavy atom. The summed E-state index contributed by atoms with van der Waals surface area (Å²) >= 11 is 0. The van der Waals surface area contributed by atoms with Crippen molar-refractivity contribution in [3.05, 3.63) is 35.6 Å². The van der Waals surface area contributed by atoms with E-state index >= 15 is 0 Å². The molecule has 6 nitrogen and oxygen atoms in total. The molecule has 0 aliphatic carbocycles. The Morgan fingerprint density at radius 2 is 2.11 bits per heavy atom. The van der Waals surface area contributed by atoms with Crippen molar-refractivity contribution in [3.8, 4) is 0 Å². The van der Waals surface area contributed by atoms with E-state index < -0.39 is 18.5 Å². The summed E-state index contributed by atoms with van der Waals surface area (Å²) in [4.78, 5) is 26.4. The van der Waals surface area contributed by atoms with Gasteiger partial charge >= 0.3 is 11.9 Å². The van der Waals surface area contributed by atoms with Crippen LogP contribution in [0.15, 0.2) is 28.7 Å². The molecule has 0 saturated heterocycles. The lowest BCUT2D eigenvalue weighted by Crippen LogP contribution is -2.26. The number of hydrogen-bond donors (Lipinski definition) is 2.